The number of benzene rings is 2. The molecule has 0 saturated carbocycles. The first kappa shape index (κ1) is 27.1. The van der Waals surface area contributed by atoms with Crippen LogP contribution in [0.15, 0.2) is 64.7 Å². The summed E-state index contributed by atoms with van der Waals surface area (Å²) in [4.78, 5) is 33.7. The average Bonchev–Trinajstić information content (AvgIpc) is 2.90. The Kier molecular flexibility index (Phi) is 7.70. The maximum Gasteiger partial charge on any atom is 0.262 e. The predicted octanol–water partition coefficient (Wildman–Crippen LogP) is 3.61. The molecule has 0 spiro atoms. The van der Waals surface area contributed by atoms with E-state index < -0.39 is 15.9 Å². The number of amides is 1. The Balaban J connectivity index is 1.74. The van der Waals surface area contributed by atoms with E-state index in [9.17, 15) is 18.0 Å². The van der Waals surface area contributed by atoms with Crippen LogP contribution in [-0.4, -0.2) is 43.0 Å². The Morgan fingerprint density at radius 3 is 2.61 bits per heavy atom. The third-order valence-electron chi connectivity index (χ3n) is 6.05. The summed E-state index contributed by atoms with van der Waals surface area (Å²) >= 11 is 6.03. The average molecular weight is 556 g/mol. The van der Waals surface area contributed by atoms with Gasteiger partial charge in [0.15, 0.2) is 0 Å². The summed E-state index contributed by atoms with van der Waals surface area (Å²) in [6, 6.07) is 11.3. The molecule has 0 aliphatic rings. The molecule has 10 nitrogen and oxygen atoms in total. The van der Waals surface area contributed by atoms with Gasteiger partial charge in [0.1, 0.15) is 5.69 Å². The molecule has 2 aromatic carbocycles. The van der Waals surface area contributed by atoms with Crippen molar-refractivity contribution in [2.45, 2.75) is 25.3 Å². The Bertz CT molecular complexity index is 1700. The van der Waals surface area contributed by atoms with Crippen molar-refractivity contribution in [3.8, 4) is 17.0 Å². The number of fused-ring (bicyclic) bond motifs is 1. The molecule has 38 heavy (non-hydrogen) atoms. The van der Waals surface area contributed by atoms with Gasteiger partial charge in [-0.2, -0.15) is 0 Å². The predicted molar refractivity (Wildman–Crippen MR) is 146 cm³/mol. The molecular formula is C26H26ClN5O5S. The molecule has 0 unspecified atom stereocenters. The standard InChI is InChI=1S/C26H26ClN5O5S/c1-15-5-7-19(27)11-23(15)38(35,36)31-22-10-18(12-29-25(22)37-4)17-6-8-21-20(9-17)26(34)32(14-30-21)13-16(2)24(33)28-3/h5-12,14,16,31H,13H2,1-4H3,(H,28,33)/t16-/m0/s1. The second-order valence-corrected chi connectivity index (χ2v) is 10.8. The molecule has 1 amide bonds. The Hall–Kier alpha value is -3.96. The van der Waals surface area contributed by atoms with Crippen molar-refractivity contribution in [1.82, 2.24) is 19.9 Å². The quantitative estimate of drug-likeness (QED) is 0.339. The second-order valence-electron chi connectivity index (χ2n) is 8.75. The van der Waals surface area contributed by atoms with Crippen LogP contribution in [0.1, 0.15) is 12.5 Å². The van der Waals surface area contributed by atoms with Gasteiger partial charge in [0, 0.05) is 30.4 Å². The van der Waals surface area contributed by atoms with Gasteiger partial charge in [0.05, 0.1) is 35.2 Å². The van der Waals surface area contributed by atoms with E-state index in [-0.39, 0.29) is 39.5 Å². The zero-order valence-electron chi connectivity index (χ0n) is 21.1. The van der Waals surface area contributed by atoms with E-state index in [1.165, 1.54) is 30.3 Å². The number of ether oxygens (including phenoxy) is 1. The number of nitrogens with zero attached hydrogens (tertiary/aromatic N) is 3. The Morgan fingerprint density at radius 1 is 1.13 bits per heavy atom. The molecule has 4 aromatic rings. The molecule has 4 rings (SSSR count). The van der Waals surface area contributed by atoms with Crippen LogP contribution in [-0.2, 0) is 21.4 Å². The highest BCUT2D eigenvalue weighted by Gasteiger charge is 2.21. The van der Waals surface area contributed by atoms with Gasteiger partial charge < -0.3 is 10.1 Å². The fourth-order valence-corrected chi connectivity index (χ4v) is 5.56. The number of aromatic nitrogens is 3. The smallest absolute Gasteiger partial charge is 0.262 e. The van der Waals surface area contributed by atoms with E-state index in [1.54, 1.807) is 57.3 Å². The van der Waals surface area contributed by atoms with Gasteiger partial charge in [0.25, 0.3) is 15.6 Å². The van der Waals surface area contributed by atoms with Crippen LogP contribution >= 0.6 is 11.6 Å². The first-order valence-corrected chi connectivity index (χ1v) is 13.4. The molecule has 2 N–H and O–H groups in total. The summed E-state index contributed by atoms with van der Waals surface area (Å²) in [5.41, 5.74) is 1.99. The van der Waals surface area contributed by atoms with Gasteiger partial charge >= 0.3 is 0 Å². The molecule has 2 aromatic heterocycles. The van der Waals surface area contributed by atoms with Crippen LogP contribution < -0.4 is 20.3 Å². The van der Waals surface area contributed by atoms with Crippen LogP contribution in [0.4, 0.5) is 5.69 Å². The van der Waals surface area contributed by atoms with E-state index in [1.807, 2.05) is 0 Å². The number of hydrogen-bond acceptors (Lipinski definition) is 7. The minimum absolute atomic E-state index is 0.0285. The van der Waals surface area contributed by atoms with Crippen molar-refractivity contribution < 1.29 is 17.9 Å². The molecule has 0 bridgehead atoms. The fraction of sp³-hybridized carbons (Fsp3) is 0.231. The first-order valence-electron chi connectivity index (χ1n) is 11.6. The molecule has 0 aliphatic carbocycles. The maximum atomic E-state index is 13.2. The lowest BCUT2D eigenvalue weighted by atomic mass is 10.0. The third-order valence-corrected chi connectivity index (χ3v) is 7.79. The highest BCUT2D eigenvalue weighted by Crippen LogP contribution is 2.32. The number of aryl methyl sites for hydroxylation is 1. The summed E-state index contributed by atoms with van der Waals surface area (Å²) in [6.07, 6.45) is 2.94. The van der Waals surface area contributed by atoms with E-state index in [4.69, 9.17) is 16.3 Å². The summed E-state index contributed by atoms with van der Waals surface area (Å²) in [5.74, 6) is -0.535. The van der Waals surface area contributed by atoms with Crippen molar-refractivity contribution >= 4 is 44.1 Å². The normalized spacial score (nSPS) is 12.2. The van der Waals surface area contributed by atoms with Crippen molar-refractivity contribution in [3.63, 3.8) is 0 Å². The van der Waals surface area contributed by atoms with Gasteiger partial charge in [-0.25, -0.2) is 18.4 Å². The van der Waals surface area contributed by atoms with Crippen molar-refractivity contribution in [1.29, 1.82) is 0 Å². The zero-order valence-corrected chi connectivity index (χ0v) is 22.7. The van der Waals surface area contributed by atoms with E-state index in [2.05, 4.69) is 20.0 Å². The number of rotatable bonds is 8. The summed E-state index contributed by atoms with van der Waals surface area (Å²) in [6.45, 7) is 3.56. The van der Waals surface area contributed by atoms with Crippen LogP contribution in [0.5, 0.6) is 5.88 Å². The lowest BCUT2D eigenvalue weighted by Crippen LogP contribution is -2.32. The Labute approximate surface area is 224 Å². The van der Waals surface area contributed by atoms with E-state index in [0.29, 0.717) is 27.6 Å². The molecular weight excluding hydrogens is 530 g/mol. The Morgan fingerprint density at radius 2 is 1.89 bits per heavy atom. The number of hydrogen-bond donors (Lipinski definition) is 2. The van der Waals surface area contributed by atoms with E-state index in [0.717, 1.165) is 0 Å². The largest absolute Gasteiger partial charge is 0.480 e. The molecule has 1 atom stereocenters. The first-order chi connectivity index (χ1) is 18.0. The number of methoxy groups -OCH3 is 1. The van der Waals surface area contributed by atoms with Crippen LogP contribution in [0.25, 0.3) is 22.0 Å². The summed E-state index contributed by atoms with van der Waals surface area (Å²) in [5, 5.41) is 3.21. The van der Waals surface area contributed by atoms with Gasteiger partial charge in [-0.3, -0.25) is 18.9 Å². The van der Waals surface area contributed by atoms with Crippen molar-refractivity contribution in [3.05, 3.63) is 75.9 Å². The summed E-state index contributed by atoms with van der Waals surface area (Å²) in [7, 11) is -1.09. The number of sulfonamides is 1. The van der Waals surface area contributed by atoms with E-state index >= 15 is 0 Å². The second kappa shape index (κ2) is 10.8. The zero-order chi connectivity index (χ0) is 27.6. The molecule has 2 heterocycles. The van der Waals surface area contributed by atoms with Gasteiger partial charge in [-0.05, 0) is 48.4 Å². The molecule has 0 aliphatic heterocycles. The van der Waals surface area contributed by atoms with Gasteiger partial charge in [0.2, 0.25) is 11.8 Å². The molecule has 0 saturated heterocycles. The number of halogens is 1. The monoisotopic (exact) mass is 555 g/mol. The van der Waals surface area contributed by atoms with Crippen molar-refractivity contribution in [2.24, 2.45) is 5.92 Å². The van der Waals surface area contributed by atoms with Crippen LogP contribution in [0, 0.1) is 12.8 Å². The van der Waals surface area contributed by atoms with Crippen molar-refractivity contribution in [2.75, 3.05) is 18.9 Å². The highest BCUT2D eigenvalue weighted by atomic mass is 35.5. The van der Waals surface area contributed by atoms with Crippen LogP contribution in [0.3, 0.4) is 0 Å². The molecule has 12 heteroatoms. The number of nitrogens with one attached hydrogen (secondary N) is 2. The van der Waals surface area contributed by atoms with Crippen LogP contribution in [0.2, 0.25) is 5.02 Å². The maximum absolute atomic E-state index is 13.2. The number of carbonyl (C=O) groups is 1. The minimum atomic E-state index is -4.02. The van der Waals surface area contributed by atoms with Gasteiger partial charge in [-0.15, -0.1) is 0 Å². The number of pyridine rings is 1. The molecule has 0 fully saturated rings. The fourth-order valence-electron chi connectivity index (χ4n) is 4.00. The topological polar surface area (TPSA) is 132 Å². The molecule has 198 valence electrons. The third kappa shape index (κ3) is 5.48. The number of anilines is 1. The number of carbonyl (C=O) groups excluding carboxylic acids is 1. The van der Waals surface area contributed by atoms with Gasteiger partial charge in [-0.1, -0.05) is 30.7 Å². The molecule has 0 radical (unpaired) electrons. The highest BCUT2D eigenvalue weighted by molar-refractivity contribution is 7.92. The minimum Gasteiger partial charge on any atom is -0.480 e. The summed E-state index contributed by atoms with van der Waals surface area (Å²) < 4.78 is 35.6. The SMILES string of the molecule is CNC(=O)[C@@H](C)Cn1cnc2ccc(-c3cnc(OC)c(NS(=O)(=O)c4cc(Cl)ccc4C)c3)cc2c1=O. The lowest BCUT2D eigenvalue weighted by Gasteiger charge is -2.15. The lowest BCUT2D eigenvalue weighted by molar-refractivity contribution is -0.124.